The van der Waals surface area contributed by atoms with Crippen molar-refractivity contribution in [3.63, 3.8) is 0 Å². The molecule has 0 saturated carbocycles. The van der Waals surface area contributed by atoms with Crippen LogP contribution in [-0.4, -0.2) is 43.9 Å². The molecular weight excluding hydrogens is 293 g/mol. The zero-order chi connectivity index (χ0) is 13.2. The SMILES string of the molecule is CNC1CCCN(S(=O)(=O)c2cncc(F)c2)C1.Cl. The quantitative estimate of drug-likeness (QED) is 0.905. The summed E-state index contributed by atoms with van der Waals surface area (Å²) < 4.78 is 39.0. The van der Waals surface area contributed by atoms with Crippen LogP contribution in [0.5, 0.6) is 0 Å². The maximum Gasteiger partial charge on any atom is 0.244 e. The van der Waals surface area contributed by atoms with Gasteiger partial charge in [0, 0.05) is 25.3 Å². The van der Waals surface area contributed by atoms with Gasteiger partial charge in [0.2, 0.25) is 10.0 Å². The molecule has 0 spiro atoms. The highest BCUT2D eigenvalue weighted by Gasteiger charge is 2.30. The monoisotopic (exact) mass is 309 g/mol. The van der Waals surface area contributed by atoms with Gasteiger partial charge in [0.25, 0.3) is 0 Å². The van der Waals surface area contributed by atoms with Crippen molar-refractivity contribution in [3.8, 4) is 0 Å². The molecule has 108 valence electrons. The lowest BCUT2D eigenvalue weighted by Crippen LogP contribution is -2.46. The largest absolute Gasteiger partial charge is 0.316 e. The minimum atomic E-state index is -3.64. The Hall–Kier alpha value is -0.760. The van der Waals surface area contributed by atoms with E-state index < -0.39 is 15.8 Å². The van der Waals surface area contributed by atoms with E-state index in [2.05, 4.69) is 10.3 Å². The molecule has 8 heteroatoms. The van der Waals surface area contributed by atoms with Gasteiger partial charge in [-0.15, -0.1) is 12.4 Å². The van der Waals surface area contributed by atoms with Crippen molar-refractivity contribution in [1.29, 1.82) is 0 Å². The lowest BCUT2D eigenvalue weighted by Gasteiger charge is -2.31. The van der Waals surface area contributed by atoms with Crippen LogP contribution in [0, 0.1) is 5.82 Å². The summed E-state index contributed by atoms with van der Waals surface area (Å²) in [7, 11) is -1.83. The fraction of sp³-hybridized carbons (Fsp3) is 0.545. The normalized spacial score (nSPS) is 20.8. The van der Waals surface area contributed by atoms with E-state index in [9.17, 15) is 12.8 Å². The van der Waals surface area contributed by atoms with E-state index in [1.807, 2.05) is 7.05 Å². The second-order valence-corrected chi connectivity index (χ2v) is 6.27. The van der Waals surface area contributed by atoms with Crippen LogP contribution in [0.25, 0.3) is 0 Å². The van der Waals surface area contributed by atoms with Gasteiger partial charge in [-0.1, -0.05) is 0 Å². The van der Waals surface area contributed by atoms with E-state index in [1.165, 1.54) is 10.5 Å². The fourth-order valence-corrected chi connectivity index (χ4v) is 3.58. The lowest BCUT2D eigenvalue weighted by molar-refractivity contribution is 0.292. The number of hydrogen-bond donors (Lipinski definition) is 1. The lowest BCUT2D eigenvalue weighted by atomic mass is 10.1. The van der Waals surface area contributed by atoms with Gasteiger partial charge in [0.05, 0.1) is 6.20 Å². The van der Waals surface area contributed by atoms with Crippen molar-refractivity contribution in [2.75, 3.05) is 20.1 Å². The van der Waals surface area contributed by atoms with Crippen LogP contribution in [-0.2, 0) is 10.0 Å². The van der Waals surface area contributed by atoms with Gasteiger partial charge in [-0.2, -0.15) is 4.31 Å². The van der Waals surface area contributed by atoms with Crippen molar-refractivity contribution >= 4 is 22.4 Å². The minimum Gasteiger partial charge on any atom is -0.316 e. The molecule has 19 heavy (non-hydrogen) atoms. The number of pyridine rings is 1. The molecule has 1 fully saturated rings. The summed E-state index contributed by atoms with van der Waals surface area (Å²) in [6.45, 7) is 0.881. The summed E-state index contributed by atoms with van der Waals surface area (Å²) in [6.07, 6.45) is 3.92. The van der Waals surface area contributed by atoms with Crippen LogP contribution >= 0.6 is 12.4 Å². The molecule has 1 aliphatic rings. The van der Waals surface area contributed by atoms with Crippen LogP contribution in [0.1, 0.15) is 12.8 Å². The number of likely N-dealkylation sites (N-methyl/N-ethyl adjacent to an activating group) is 1. The predicted molar refractivity (Wildman–Crippen MR) is 72.3 cm³/mol. The Morgan fingerprint density at radius 1 is 1.47 bits per heavy atom. The molecule has 1 unspecified atom stereocenters. The van der Waals surface area contributed by atoms with Crippen LogP contribution in [0.4, 0.5) is 4.39 Å². The molecule has 0 amide bonds. The Bertz CT molecular complexity index is 526. The van der Waals surface area contributed by atoms with Gasteiger partial charge in [0.1, 0.15) is 10.7 Å². The average Bonchev–Trinajstić information content (AvgIpc) is 2.39. The molecule has 1 aromatic rings. The smallest absolute Gasteiger partial charge is 0.244 e. The second-order valence-electron chi connectivity index (χ2n) is 4.33. The van der Waals surface area contributed by atoms with Gasteiger partial charge in [0.15, 0.2) is 0 Å². The minimum absolute atomic E-state index is 0. The van der Waals surface area contributed by atoms with Crippen LogP contribution in [0.15, 0.2) is 23.4 Å². The fourth-order valence-electron chi connectivity index (χ4n) is 2.08. The molecule has 0 aromatic carbocycles. The highest BCUT2D eigenvalue weighted by molar-refractivity contribution is 7.89. The molecule has 0 radical (unpaired) electrons. The first-order chi connectivity index (χ1) is 8.54. The van der Waals surface area contributed by atoms with Gasteiger partial charge < -0.3 is 5.32 Å². The Kier molecular flexibility index (Phi) is 5.66. The molecule has 1 saturated heterocycles. The van der Waals surface area contributed by atoms with E-state index >= 15 is 0 Å². The molecule has 0 aliphatic carbocycles. The van der Waals surface area contributed by atoms with Crippen LogP contribution in [0.2, 0.25) is 0 Å². The van der Waals surface area contributed by atoms with Gasteiger partial charge in [-0.25, -0.2) is 12.8 Å². The first-order valence-electron chi connectivity index (χ1n) is 5.82. The first-order valence-corrected chi connectivity index (χ1v) is 7.26. The van der Waals surface area contributed by atoms with E-state index in [4.69, 9.17) is 0 Å². The van der Waals surface area contributed by atoms with Crippen molar-refractivity contribution in [2.45, 2.75) is 23.8 Å². The van der Waals surface area contributed by atoms with Crippen LogP contribution < -0.4 is 5.32 Å². The van der Waals surface area contributed by atoms with Crippen molar-refractivity contribution in [2.24, 2.45) is 0 Å². The number of nitrogens with one attached hydrogen (secondary N) is 1. The predicted octanol–water partition coefficient (Wildman–Crippen LogP) is 1.01. The number of nitrogens with zero attached hydrogens (tertiary/aromatic N) is 2. The third-order valence-electron chi connectivity index (χ3n) is 3.11. The van der Waals surface area contributed by atoms with Gasteiger partial charge >= 0.3 is 0 Å². The molecule has 1 atom stereocenters. The highest BCUT2D eigenvalue weighted by Crippen LogP contribution is 2.20. The van der Waals surface area contributed by atoms with Crippen LogP contribution in [0.3, 0.4) is 0 Å². The number of piperidine rings is 1. The number of halogens is 2. The number of hydrogen-bond acceptors (Lipinski definition) is 4. The summed E-state index contributed by atoms with van der Waals surface area (Å²) in [5.74, 6) is -0.641. The van der Waals surface area contributed by atoms with Gasteiger partial charge in [-0.3, -0.25) is 4.98 Å². The molecule has 1 aromatic heterocycles. The zero-order valence-electron chi connectivity index (χ0n) is 10.5. The number of aromatic nitrogens is 1. The summed E-state index contributed by atoms with van der Waals surface area (Å²) in [4.78, 5) is 3.50. The standard InChI is InChI=1S/C11H16FN3O2S.ClH/c1-13-10-3-2-4-15(8-10)18(16,17)11-5-9(12)6-14-7-11;/h5-7,10,13H,2-4,8H2,1H3;1H. The number of rotatable bonds is 3. The topological polar surface area (TPSA) is 62.3 Å². The molecule has 1 aliphatic heterocycles. The van der Waals surface area contributed by atoms with E-state index in [0.717, 1.165) is 25.1 Å². The summed E-state index contributed by atoms with van der Waals surface area (Å²) in [5.41, 5.74) is 0. The van der Waals surface area contributed by atoms with Crippen molar-refractivity contribution < 1.29 is 12.8 Å². The maximum atomic E-state index is 13.0. The van der Waals surface area contributed by atoms with Crippen molar-refractivity contribution in [1.82, 2.24) is 14.6 Å². The molecule has 0 bridgehead atoms. The van der Waals surface area contributed by atoms with E-state index in [1.54, 1.807) is 0 Å². The summed E-state index contributed by atoms with van der Waals surface area (Å²) >= 11 is 0. The van der Waals surface area contributed by atoms with E-state index in [0.29, 0.717) is 13.1 Å². The molecular formula is C11H17ClFN3O2S. The van der Waals surface area contributed by atoms with Gasteiger partial charge in [-0.05, 0) is 26.0 Å². The Morgan fingerprint density at radius 2 is 2.21 bits per heavy atom. The third kappa shape index (κ3) is 3.62. The first kappa shape index (κ1) is 16.3. The maximum absolute atomic E-state index is 13.0. The molecule has 2 heterocycles. The molecule has 5 nitrogen and oxygen atoms in total. The zero-order valence-corrected chi connectivity index (χ0v) is 12.2. The Morgan fingerprint density at radius 3 is 2.84 bits per heavy atom. The highest BCUT2D eigenvalue weighted by atomic mass is 35.5. The molecule has 2 rings (SSSR count). The van der Waals surface area contributed by atoms with Crippen molar-refractivity contribution in [3.05, 3.63) is 24.3 Å². The summed E-state index contributed by atoms with van der Waals surface area (Å²) in [6, 6.07) is 1.15. The number of sulfonamides is 1. The second kappa shape index (κ2) is 6.60. The Labute approximate surface area is 118 Å². The summed E-state index contributed by atoms with van der Waals surface area (Å²) in [5, 5.41) is 3.07. The average molecular weight is 310 g/mol. The van der Waals surface area contributed by atoms with E-state index in [-0.39, 0.29) is 23.3 Å². The third-order valence-corrected chi connectivity index (χ3v) is 4.94. The Balaban J connectivity index is 0.00000180. The molecule has 1 N–H and O–H groups in total.